The van der Waals surface area contributed by atoms with Crippen molar-refractivity contribution in [1.29, 1.82) is 0 Å². The summed E-state index contributed by atoms with van der Waals surface area (Å²) in [6, 6.07) is 22.7. The van der Waals surface area contributed by atoms with Crippen molar-refractivity contribution in [2.24, 2.45) is 0 Å². The van der Waals surface area contributed by atoms with E-state index >= 15 is 0 Å². The lowest BCUT2D eigenvalue weighted by molar-refractivity contribution is -0.118. The summed E-state index contributed by atoms with van der Waals surface area (Å²) in [6.45, 7) is -0.106. The normalized spacial score (nSPS) is 10.4. The molecule has 26 heavy (non-hydrogen) atoms. The summed E-state index contributed by atoms with van der Waals surface area (Å²) >= 11 is 11.9. The second kappa shape index (κ2) is 8.75. The smallest absolute Gasteiger partial charge is 0.262 e. The Morgan fingerprint density at radius 1 is 0.923 bits per heavy atom. The third kappa shape index (κ3) is 5.01. The highest BCUT2D eigenvalue weighted by Gasteiger charge is 2.09. The predicted octanol–water partition coefficient (Wildman–Crippen LogP) is 5.60. The van der Waals surface area contributed by atoms with Gasteiger partial charge in [0.25, 0.3) is 5.91 Å². The Morgan fingerprint density at radius 2 is 1.65 bits per heavy atom. The van der Waals surface area contributed by atoms with Crippen LogP contribution in [0.25, 0.3) is 0 Å². The number of nitrogens with one attached hydrogen (secondary N) is 1. The number of rotatable bonds is 6. The molecule has 0 spiro atoms. The van der Waals surface area contributed by atoms with Crippen molar-refractivity contribution < 1.29 is 9.53 Å². The summed E-state index contributed by atoms with van der Waals surface area (Å²) < 4.78 is 5.73. The molecular weight excluding hydrogens is 369 g/mol. The summed E-state index contributed by atoms with van der Waals surface area (Å²) in [5.41, 5.74) is 2.71. The average Bonchev–Trinajstić information content (AvgIpc) is 2.64. The van der Waals surface area contributed by atoms with Crippen molar-refractivity contribution in [3.8, 4) is 5.75 Å². The Hall–Kier alpha value is -2.49. The highest BCUT2D eigenvalue weighted by atomic mass is 35.5. The molecule has 0 aliphatic heterocycles. The van der Waals surface area contributed by atoms with E-state index in [0.717, 1.165) is 12.0 Å². The molecule has 0 unspecified atom stereocenters. The van der Waals surface area contributed by atoms with E-state index in [2.05, 4.69) is 17.4 Å². The fourth-order valence-electron chi connectivity index (χ4n) is 2.53. The zero-order chi connectivity index (χ0) is 18.4. The van der Waals surface area contributed by atoms with Crippen LogP contribution in [0.5, 0.6) is 5.75 Å². The van der Waals surface area contributed by atoms with Crippen LogP contribution in [0.15, 0.2) is 72.8 Å². The van der Waals surface area contributed by atoms with Gasteiger partial charge < -0.3 is 10.1 Å². The van der Waals surface area contributed by atoms with E-state index in [4.69, 9.17) is 27.9 Å². The molecule has 0 saturated heterocycles. The van der Waals surface area contributed by atoms with E-state index in [1.54, 1.807) is 18.2 Å². The Labute approximate surface area is 162 Å². The second-order valence-corrected chi connectivity index (χ2v) is 6.57. The van der Waals surface area contributed by atoms with Crippen molar-refractivity contribution in [3.63, 3.8) is 0 Å². The maximum atomic E-state index is 12.2. The van der Waals surface area contributed by atoms with Crippen LogP contribution in [0.3, 0.4) is 0 Å². The lowest BCUT2D eigenvalue weighted by atomic mass is 10.0. The minimum atomic E-state index is -0.288. The molecule has 0 aromatic heterocycles. The predicted molar refractivity (Wildman–Crippen MR) is 106 cm³/mol. The van der Waals surface area contributed by atoms with Gasteiger partial charge in [-0.05, 0) is 35.4 Å². The molecule has 0 fully saturated rings. The van der Waals surface area contributed by atoms with Crippen molar-refractivity contribution in [2.75, 3.05) is 11.9 Å². The first kappa shape index (κ1) is 18.3. The monoisotopic (exact) mass is 385 g/mol. The molecule has 3 aromatic carbocycles. The van der Waals surface area contributed by atoms with Crippen molar-refractivity contribution >= 4 is 34.8 Å². The zero-order valence-electron chi connectivity index (χ0n) is 13.9. The number of benzene rings is 3. The van der Waals surface area contributed by atoms with E-state index in [9.17, 15) is 4.79 Å². The Balaban J connectivity index is 1.63. The van der Waals surface area contributed by atoms with E-state index in [0.29, 0.717) is 21.5 Å². The van der Waals surface area contributed by atoms with Gasteiger partial charge in [-0.25, -0.2) is 0 Å². The van der Waals surface area contributed by atoms with Gasteiger partial charge in [0.15, 0.2) is 6.61 Å². The molecule has 0 aliphatic carbocycles. The van der Waals surface area contributed by atoms with Crippen LogP contribution >= 0.6 is 23.2 Å². The summed E-state index contributed by atoms with van der Waals surface area (Å²) in [5.74, 6) is 0.400. The van der Waals surface area contributed by atoms with Crippen molar-refractivity contribution in [2.45, 2.75) is 6.42 Å². The van der Waals surface area contributed by atoms with Gasteiger partial charge in [0.05, 0.1) is 10.7 Å². The average molecular weight is 386 g/mol. The van der Waals surface area contributed by atoms with Crippen LogP contribution in [0, 0.1) is 0 Å². The maximum absolute atomic E-state index is 12.2. The number of carbonyl (C=O) groups is 1. The lowest BCUT2D eigenvalue weighted by Gasteiger charge is -2.12. The van der Waals surface area contributed by atoms with Crippen LogP contribution < -0.4 is 10.1 Å². The third-order valence-electron chi connectivity index (χ3n) is 3.77. The van der Waals surface area contributed by atoms with Gasteiger partial charge in [-0.15, -0.1) is 0 Å². The van der Waals surface area contributed by atoms with Gasteiger partial charge in [-0.1, -0.05) is 71.7 Å². The van der Waals surface area contributed by atoms with E-state index in [1.807, 2.05) is 42.5 Å². The molecule has 132 valence electrons. The molecule has 5 heteroatoms. The number of anilines is 1. The third-order valence-corrected chi connectivity index (χ3v) is 4.32. The summed E-state index contributed by atoms with van der Waals surface area (Å²) in [6.07, 6.45) is 0.738. The van der Waals surface area contributed by atoms with Gasteiger partial charge in [0, 0.05) is 11.4 Å². The van der Waals surface area contributed by atoms with E-state index < -0.39 is 0 Å². The molecule has 0 bridgehead atoms. The van der Waals surface area contributed by atoms with Gasteiger partial charge in [0.1, 0.15) is 5.75 Å². The van der Waals surface area contributed by atoms with Gasteiger partial charge >= 0.3 is 0 Å². The van der Waals surface area contributed by atoms with Crippen LogP contribution in [0.1, 0.15) is 11.1 Å². The summed E-state index contributed by atoms with van der Waals surface area (Å²) in [5, 5.41) is 3.62. The molecule has 3 nitrogen and oxygen atoms in total. The highest BCUT2D eigenvalue weighted by molar-refractivity contribution is 6.36. The number of para-hydroxylation sites is 1. The number of hydrogen-bond donors (Lipinski definition) is 1. The standard InChI is InChI=1S/C21H17Cl2NO2/c22-17-10-11-19(18(23)13-17)24-21(25)14-26-20-9-5-4-8-16(20)12-15-6-2-1-3-7-15/h1-11,13H,12,14H2,(H,24,25). The topological polar surface area (TPSA) is 38.3 Å². The Bertz CT molecular complexity index is 898. The molecule has 1 N–H and O–H groups in total. The number of amides is 1. The molecule has 0 saturated carbocycles. The zero-order valence-corrected chi connectivity index (χ0v) is 15.4. The first-order valence-corrected chi connectivity index (χ1v) is 8.87. The fourth-order valence-corrected chi connectivity index (χ4v) is 2.98. The number of ether oxygens (including phenoxy) is 1. The summed E-state index contributed by atoms with van der Waals surface area (Å²) in [7, 11) is 0. The minimum absolute atomic E-state index is 0.106. The van der Waals surface area contributed by atoms with Crippen LogP contribution in [-0.2, 0) is 11.2 Å². The molecule has 0 atom stereocenters. The molecular formula is C21H17Cl2NO2. The molecule has 3 rings (SSSR count). The second-order valence-electron chi connectivity index (χ2n) is 5.73. The number of carbonyl (C=O) groups excluding carboxylic acids is 1. The Morgan fingerprint density at radius 3 is 2.42 bits per heavy atom. The molecule has 0 aliphatic rings. The quantitative estimate of drug-likeness (QED) is 0.599. The van der Waals surface area contributed by atoms with Crippen molar-refractivity contribution in [1.82, 2.24) is 0 Å². The van der Waals surface area contributed by atoms with E-state index in [-0.39, 0.29) is 12.5 Å². The maximum Gasteiger partial charge on any atom is 0.262 e. The van der Waals surface area contributed by atoms with E-state index in [1.165, 1.54) is 5.56 Å². The Kier molecular flexibility index (Phi) is 6.16. The molecule has 0 radical (unpaired) electrons. The molecule has 3 aromatic rings. The molecule has 1 amide bonds. The number of hydrogen-bond acceptors (Lipinski definition) is 2. The summed E-state index contributed by atoms with van der Waals surface area (Å²) in [4.78, 5) is 12.2. The fraction of sp³-hybridized carbons (Fsp3) is 0.0952. The first-order valence-electron chi connectivity index (χ1n) is 8.11. The van der Waals surface area contributed by atoms with Gasteiger partial charge in [0.2, 0.25) is 0 Å². The van der Waals surface area contributed by atoms with Crippen LogP contribution in [0.2, 0.25) is 10.0 Å². The van der Waals surface area contributed by atoms with Gasteiger partial charge in [-0.3, -0.25) is 4.79 Å². The number of halogens is 2. The van der Waals surface area contributed by atoms with Crippen LogP contribution in [0.4, 0.5) is 5.69 Å². The van der Waals surface area contributed by atoms with Gasteiger partial charge in [-0.2, -0.15) is 0 Å². The highest BCUT2D eigenvalue weighted by Crippen LogP contribution is 2.25. The SMILES string of the molecule is O=C(COc1ccccc1Cc1ccccc1)Nc1ccc(Cl)cc1Cl. The molecule has 0 heterocycles. The largest absolute Gasteiger partial charge is 0.483 e. The van der Waals surface area contributed by atoms with Crippen molar-refractivity contribution in [3.05, 3.63) is 94.0 Å². The first-order chi connectivity index (χ1) is 12.6. The lowest BCUT2D eigenvalue weighted by Crippen LogP contribution is -2.20. The minimum Gasteiger partial charge on any atom is -0.483 e. The van der Waals surface area contributed by atoms with Crippen LogP contribution in [-0.4, -0.2) is 12.5 Å².